The quantitative estimate of drug-likeness (QED) is 0.764. The number of nitrogens with zero attached hydrogens (tertiary/aromatic N) is 1. The molecule has 1 aromatic rings. The van der Waals surface area contributed by atoms with E-state index in [1.807, 2.05) is 0 Å². The van der Waals surface area contributed by atoms with E-state index in [9.17, 15) is 0 Å². The number of nitrogens with one attached hydrogen (secondary N) is 1. The van der Waals surface area contributed by atoms with Gasteiger partial charge >= 0.3 is 0 Å². The Hall–Kier alpha value is -1.06. The maximum atomic E-state index is 5.73. The van der Waals surface area contributed by atoms with Gasteiger partial charge in [-0.15, -0.1) is 0 Å². The van der Waals surface area contributed by atoms with E-state index in [1.165, 1.54) is 38.0 Å². The smallest absolute Gasteiger partial charge is 0.119 e. The predicted molar refractivity (Wildman–Crippen MR) is 79.8 cm³/mol. The number of aryl methyl sites for hydroxylation is 1. The highest BCUT2D eigenvalue weighted by atomic mass is 16.5. The number of unbranched alkanes of at least 4 members (excludes halogenated alkanes) is 2. The zero-order chi connectivity index (χ0) is 13.3. The minimum atomic E-state index is 0.838. The first-order valence-corrected chi connectivity index (χ1v) is 7.47. The average Bonchev–Trinajstić information content (AvgIpc) is 2.46. The van der Waals surface area contributed by atoms with E-state index in [1.54, 1.807) is 0 Å². The summed E-state index contributed by atoms with van der Waals surface area (Å²) >= 11 is 0. The van der Waals surface area contributed by atoms with Gasteiger partial charge < -0.3 is 15.0 Å². The number of hydrogen-bond acceptors (Lipinski definition) is 3. The van der Waals surface area contributed by atoms with Crippen LogP contribution in [0.5, 0.6) is 5.75 Å². The fourth-order valence-corrected chi connectivity index (χ4v) is 2.37. The molecule has 0 radical (unpaired) electrons. The number of hydrogen-bond donors (Lipinski definition) is 1. The first-order chi connectivity index (χ1) is 9.34. The van der Waals surface area contributed by atoms with Crippen LogP contribution in [0.4, 0.5) is 0 Å². The zero-order valence-electron chi connectivity index (χ0n) is 12.0. The second kappa shape index (κ2) is 8.18. The number of ether oxygens (including phenoxy) is 1. The molecule has 0 spiro atoms. The Kier molecular flexibility index (Phi) is 6.18. The van der Waals surface area contributed by atoms with Crippen LogP contribution in [0.3, 0.4) is 0 Å². The molecule has 19 heavy (non-hydrogen) atoms. The van der Waals surface area contributed by atoms with Crippen LogP contribution in [0.1, 0.15) is 24.8 Å². The highest BCUT2D eigenvalue weighted by molar-refractivity contribution is 5.26. The molecule has 3 nitrogen and oxygen atoms in total. The zero-order valence-corrected chi connectivity index (χ0v) is 12.0. The third kappa shape index (κ3) is 5.62. The summed E-state index contributed by atoms with van der Waals surface area (Å²) in [6.07, 6.45) is 3.70. The topological polar surface area (TPSA) is 24.5 Å². The Morgan fingerprint density at radius 3 is 2.53 bits per heavy atom. The highest BCUT2D eigenvalue weighted by Gasteiger charge is 2.07. The van der Waals surface area contributed by atoms with Gasteiger partial charge in [0.2, 0.25) is 0 Å². The molecule has 0 atom stereocenters. The van der Waals surface area contributed by atoms with Crippen molar-refractivity contribution in [2.24, 2.45) is 0 Å². The molecular weight excluding hydrogens is 236 g/mol. The van der Waals surface area contributed by atoms with Crippen LogP contribution in [0, 0.1) is 6.92 Å². The minimum Gasteiger partial charge on any atom is -0.494 e. The van der Waals surface area contributed by atoms with Crippen LogP contribution < -0.4 is 10.1 Å². The first kappa shape index (κ1) is 14.4. The molecule has 106 valence electrons. The van der Waals surface area contributed by atoms with Crippen LogP contribution in [-0.2, 0) is 0 Å². The van der Waals surface area contributed by atoms with Crippen LogP contribution in [0.15, 0.2) is 24.3 Å². The Bertz CT molecular complexity index is 344. The van der Waals surface area contributed by atoms with Gasteiger partial charge in [-0.05, 0) is 44.9 Å². The molecule has 3 heteroatoms. The van der Waals surface area contributed by atoms with Crippen molar-refractivity contribution in [3.8, 4) is 5.75 Å². The molecule has 1 fully saturated rings. The van der Waals surface area contributed by atoms with E-state index in [2.05, 4.69) is 41.4 Å². The van der Waals surface area contributed by atoms with Crippen LogP contribution in [-0.4, -0.2) is 44.2 Å². The fourth-order valence-electron chi connectivity index (χ4n) is 2.37. The molecule has 1 heterocycles. The summed E-state index contributed by atoms with van der Waals surface area (Å²) in [5, 5.41) is 3.39. The molecule has 1 saturated heterocycles. The molecule has 1 aliphatic heterocycles. The SMILES string of the molecule is Cc1ccc(OCCCCCN2CCNCC2)cc1. The molecule has 0 aliphatic carbocycles. The summed E-state index contributed by atoms with van der Waals surface area (Å²) in [6, 6.07) is 8.30. The Morgan fingerprint density at radius 2 is 1.79 bits per heavy atom. The third-order valence-electron chi connectivity index (χ3n) is 3.62. The second-order valence-electron chi connectivity index (χ2n) is 5.31. The Balaban J connectivity index is 1.49. The Labute approximate surface area is 116 Å². The van der Waals surface area contributed by atoms with Gasteiger partial charge in [0.25, 0.3) is 0 Å². The number of rotatable bonds is 7. The highest BCUT2D eigenvalue weighted by Crippen LogP contribution is 2.12. The van der Waals surface area contributed by atoms with Crippen LogP contribution >= 0.6 is 0 Å². The minimum absolute atomic E-state index is 0.838. The van der Waals surface area contributed by atoms with Crippen molar-refractivity contribution in [1.82, 2.24) is 10.2 Å². The van der Waals surface area contributed by atoms with Crippen molar-refractivity contribution >= 4 is 0 Å². The summed E-state index contributed by atoms with van der Waals surface area (Å²) in [5.41, 5.74) is 1.28. The largest absolute Gasteiger partial charge is 0.494 e. The molecular formula is C16H26N2O. The van der Waals surface area contributed by atoms with Gasteiger partial charge in [0, 0.05) is 26.2 Å². The van der Waals surface area contributed by atoms with Gasteiger partial charge in [-0.3, -0.25) is 0 Å². The molecule has 0 unspecified atom stereocenters. The molecule has 1 aliphatic rings. The Morgan fingerprint density at radius 1 is 1.05 bits per heavy atom. The summed E-state index contributed by atoms with van der Waals surface area (Å²) in [4.78, 5) is 2.55. The van der Waals surface area contributed by atoms with Crippen molar-refractivity contribution in [2.45, 2.75) is 26.2 Å². The van der Waals surface area contributed by atoms with Crippen molar-refractivity contribution in [1.29, 1.82) is 0 Å². The first-order valence-electron chi connectivity index (χ1n) is 7.47. The monoisotopic (exact) mass is 262 g/mol. The maximum absolute atomic E-state index is 5.73. The lowest BCUT2D eigenvalue weighted by Gasteiger charge is -2.26. The predicted octanol–water partition coefficient (Wildman–Crippen LogP) is 2.45. The summed E-state index contributed by atoms with van der Waals surface area (Å²) in [6.45, 7) is 8.89. The molecule has 0 aromatic heterocycles. The van der Waals surface area contributed by atoms with Crippen molar-refractivity contribution in [3.05, 3.63) is 29.8 Å². The van der Waals surface area contributed by atoms with Gasteiger partial charge in [-0.25, -0.2) is 0 Å². The molecule has 0 amide bonds. The molecule has 0 bridgehead atoms. The molecule has 1 aromatic carbocycles. The lowest BCUT2D eigenvalue weighted by atomic mass is 10.2. The number of piperazine rings is 1. The standard InChI is InChI=1S/C16H26N2O/c1-15-5-7-16(8-6-15)19-14-4-2-3-11-18-12-9-17-10-13-18/h5-8,17H,2-4,9-14H2,1H3. The lowest BCUT2D eigenvalue weighted by Crippen LogP contribution is -2.43. The summed E-state index contributed by atoms with van der Waals surface area (Å²) in [5.74, 6) is 0.993. The third-order valence-corrected chi connectivity index (χ3v) is 3.62. The fraction of sp³-hybridized carbons (Fsp3) is 0.625. The summed E-state index contributed by atoms with van der Waals surface area (Å²) in [7, 11) is 0. The van der Waals surface area contributed by atoms with Crippen molar-refractivity contribution < 1.29 is 4.74 Å². The lowest BCUT2D eigenvalue weighted by molar-refractivity contribution is 0.232. The second-order valence-corrected chi connectivity index (χ2v) is 5.31. The summed E-state index contributed by atoms with van der Waals surface area (Å²) < 4.78 is 5.73. The van der Waals surface area contributed by atoms with E-state index in [0.29, 0.717) is 0 Å². The van der Waals surface area contributed by atoms with Gasteiger partial charge in [-0.1, -0.05) is 17.7 Å². The molecule has 0 saturated carbocycles. The molecule has 2 rings (SSSR count). The van der Waals surface area contributed by atoms with Crippen molar-refractivity contribution in [3.63, 3.8) is 0 Å². The van der Waals surface area contributed by atoms with E-state index in [4.69, 9.17) is 4.74 Å². The van der Waals surface area contributed by atoms with E-state index < -0.39 is 0 Å². The van der Waals surface area contributed by atoms with E-state index in [-0.39, 0.29) is 0 Å². The van der Waals surface area contributed by atoms with Gasteiger partial charge in [0.1, 0.15) is 5.75 Å². The number of benzene rings is 1. The van der Waals surface area contributed by atoms with Crippen LogP contribution in [0.2, 0.25) is 0 Å². The van der Waals surface area contributed by atoms with Gasteiger partial charge in [0.15, 0.2) is 0 Å². The maximum Gasteiger partial charge on any atom is 0.119 e. The molecule has 1 N–H and O–H groups in total. The average molecular weight is 262 g/mol. The van der Waals surface area contributed by atoms with Crippen molar-refractivity contribution in [2.75, 3.05) is 39.3 Å². The normalized spacial score (nSPS) is 16.5. The van der Waals surface area contributed by atoms with Gasteiger partial charge in [0.05, 0.1) is 6.61 Å². The van der Waals surface area contributed by atoms with E-state index in [0.717, 1.165) is 31.9 Å². The van der Waals surface area contributed by atoms with Crippen LogP contribution in [0.25, 0.3) is 0 Å². The van der Waals surface area contributed by atoms with E-state index >= 15 is 0 Å². The van der Waals surface area contributed by atoms with Gasteiger partial charge in [-0.2, -0.15) is 0 Å².